The van der Waals surface area contributed by atoms with Gasteiger partial charge in [-0.1, -0.05) is 13.8 Å². The summed E-state index contributed by atoms with van der Waals surface area (Å²) in [5.74, 6) is -1.09. The van der Waals surface area contributed by atoms with Crippen LogP contribution in [0.15, 0.2) is 0 Å². The Hall–Kier alpha value is -1.10. The lowest BCUT2D eigenvalue weighted by molar-refractivity contribution is -0.139. The summed E-state index contributed by atoms with van der Waals surface area (Å²) in [4.78, 5) is 24.5. The van der Waals surface area contributed by atoms with Crippen LogP contribution < -0.4 is 10.6 Å². The Morgan fingerprint density at radius 3 is 2.06 bits per heavy atom. The van der Waals surface area contributed by atoms with Crippen molar-refractivity contribution in [2.75, 3.05) is 32.7 Å². The average Bonchev–Trinajstić information content (AvgIpc) is 2.29. The molecule has 0 bridgehead atoms. The fourth-order valence-corrected chi connectivity index (χ4v) is 1.37. The van der Waals surface area contributed by atoms with Crippen LogP contribution >= 0.6 is 0 Å². The molecule has 0 aliphatic heterocycles. The van der Waals surface area contributed by atoms with Crippen LogP contribution in [0.4, 0.5) is 0 Å². The number of nitrogens with zero attached hydrogens (tertiary/aromatic N) is 1. The zero-order valence-corrected chi connectivity index (χ0v) is 10.5. The smallest absolute Gasteiger partial charge is 0.309 e. The summed E-state index contributed by atoms with van der Waals surface area (Å²) in [6, 6.07) is 0. The van der Waals surface area contributed by atoms with Gasteiger partial charge in [0, 0.05) is 13.1 Å². The Kier molecular flexibility index (Phi) is 8.52. The Labute approximate surface area is 97.6 Å². The number of carbonyl (C=O) groups excluding carboxylic acids is 2. The van der Waals surface area contributed by atoms with E-state index in [4.69, 9.17) is 0 Å². The van der Waals surface area contributed by atoms with Crippen LogP contribution in [0, 0.1) is 0 Å². The molecule has 5 nitrogen and oxygen atoms in total. The molecule has 0 aromatic rings. The highest BCUT2D eigenvalue weighted by molar-refractivity contribution is 6.35. The van der Waals surface area contributed by atoms with Crippen molar-refractivity contribution in [1.82, 2.24) is 15.5 Å². The first-order valence-electron chi connectivity index (χ1n) is 5.94. The number of amides is 2. The quantitative estimate of drug-likeness (QED) is 0.476. The Morgan fingerprint density at radius 1 is 1.00 bits per heavy atom. The van der Waals surface area contributed by atoms with Crippen LogP contribution in [-0.4, -0.2) is 49.4 Å². The second-order valence-electron chi connectivity index (χ2n) is 3.50. The summed E-state index contributed by atoms with van der Waals surface area (Å²) < 4.78 is 0. The predicted octanol–water partition coefficient (Wildman–Crippen LogP) is -0.0294. The van der Waals surface area contributed by atoms with E-state index in [9.17, 15) is 9.59 Å². The maximum atomic E-state index is 11.2. The predicted molar refractivity (Wildman–Crippen MR) is 64.1 cm³/mol. The minimum absolute atomic E-state index is 0.478. The average molecular weight is 229 g/mol. The number of rotatable bonds is 7. The molecular weight excluding hydrogens is 206 g/mol. The van der Waals surface area contributed by atoms with E-state index in [1.807, 2.05) is 0 Å². The minimum atomic E-state index is -0.551. The highest BCUT2D eigenvalue weighted by Gasteiger charge is 2.10. The van der Waals surface area contributed by atoms with Gasteiger partial charge in [-0.25, -0.2) is 0 Å². The summed E-state index contributed by atoms with van der Waals surface area (Å²) in [5.41, 5.74) is 0. The molecule has 16 heavy (non-hydrogen) atoms. The Bertz CT molecular complexity index is 215. The summed E-state index contributed by atoms with van der Waals surface area (Å²) in [6.45, 7) is 10.0. The van der Waals surface area contributed by atoms with Crippen molar-refractivity contribution >= 4 is 11.8 Å². The zero-order chi connectivity index (χ0) is 12.4. The van der Waals surface area contributed by atoms with Crippen molar-refractivity contribution in [3.05, 3.63) is 0 Å². The SMILES string of the molecule is CCNC(=O)C(=O)NCCCN(CC)CC. The standard InChI is InChI=1S/C11H23N3O2/c1-4-12-10(15)11(16)13-8-7-9-14(5-2)6-3/h4-9H2,1-3H3,(H,12,15)(H,13,16). The van der Waals surface area contributed by atoms with E-state index in [1.165, 1.54) is 0 Å². The van der Waals surface area contributed by atoms with Gasteiger partial charge < -0.3 is 15.5 Å². The van der Waals surface area contributed by atoms with Gasteiger partial charge in [0.25, 0.3) is 0 Å². The van der Waals surface area contributed by atoms with Gasteiger partial charge in [-0.2, -0.15) is 0 Å². The van der Waals surface area contributed by atoms with Crippen molar-refractivity contribution in [2.24, 2.45) is 0 Å². The molecule has 0 heterocycles. The van der Waals surface area contributed by atoms with E-state index in [2.05, 4.69) is 29.4 Å². The third-order valence-corrected chi connectivity index (χ3v) is 2.37. The van der Waals surface area contributed by atoms with Crippen molar-refractivity contribution in [2.45, 2.75) is 27.2 Å². The van der Waals surface area contributed by atoms with Gasteiger partial charge in [0.2, 0.25) is 0 Å². The van der Waals surface area contributed by atoms with Crippen molar-refractivity contribution in [3.63, 3.8) is 0 Å². The first-order chi connectivity index (χ1) is 7.65. The molecule has 0 rings (SSSR count). The molecule has 0 aromatic carbocycles. The molecule has 0 unspecified atom stereocenters. The molecule has 0 saturated heterocycles. The van der Waals surface area contributed by atoms with Crippen LogP contribution in [-0.2, 0) is 9.59 Å². The van der Waals surface area contributed by atoms with Crippen LogP contribution in [0.5, 0.6) is 0 Å². The number of hydrogen-bond acceptors (Lipinski definition) is 3. The molecule has 0 aliphatic carbocycles. The van der Waals surface area contributed by atoms with Crippen molar-refractivity contribution in [1.29, 1.82) is 0 Å². The second kappa shape index (κ2) is 9.15. The maximum Gasteiger partial charge on any atom is 0.309 e. The first-order valence-corrected chi connectivity index (χ1v) is 5.94. The van der Waals surface area contributed by atoms with Crippen LogP contribution in [0.25, 0.3) is 0 Å². The lowest BCUT2D eigenvalue weighted by atomic mass is 10.3. The molecule has 0 aromatic heterocycles. The van der Waals surface area contributed by atoms with Crippen LogP contribution in [0.2, 0.25) is 0 Å². The molecule has 0 fully saturated rings. The number of hydrogen-bond donors (Lipinski definition) is 2. The van der Waals surface area contributed by atoms with Crippen LogP contribution in [0.3, 0.4) is 0 Å². The third-order valence-electron chi connectivity index (χ3n) is 2.37. The zero-order valence-electron chi connectivity index (χ0n) is 10.5. The molecule has 0 radical (unpaired) electrons. The summed E-state index contributed by atoms with van der Waals surface area (Å²) >= 11 is 0. The van der Waals surface area contributed by atoms with E-state index in [1.54, 1.807) is 6.92 Å². The Balaban J connectivity index is 3.58. The van der Waals surface area contributed by atoms with Gasteiger partial charge in [0.1, 0.15) is 0 Å². The third kappa shape index (κ3) is 6.40. The van der Waals surface area contributed by atoms with E-state index < -0.39 is 11.8 Å². The first kappa shape index (κ1) is 14.9. The van der Waals surface area contributed by atoms with Gasteiger partial charge in [0.05, 0.1) is 0 Å². The van der Waals surface area contributed by atoms with Gasteiger partial charge in [-0.3, -0.25) is 9.59 Å². The molecule has 0 aliphatic rings. The molecule has 0 spiro atoms. The fraction of sp³-hybridized carbons (Fsp3) is 0.818. The monoisotopic (exact) mass is 229 g/mol. The van der Waals surface area contributed by atoms with Gasteiger partial charge in [-0.05, 0) is 33.0 Å². The molecule has 2 N–H and O–H groups in total. The largest absolute Gasteiger partial charge is 0.348 e. The van der Waals surface area contributed by atoms with Gasteiger partial charge >= 0.3 is 11.8 Å². The minimum Gasteiger partial charge on any atom is -0.348 e. The second-order valence-corrected chi connectivity index (χ2v) is 3.50. The van der Waals surface area contributed by atoms with E-state index in [0.29, 0.717) is 13.1 Å². The van der Waals surface area contributed by atoms with E-state index >= 15 is 0 Å². The van der Waals surface area contributed by atoms with Crippen molar-refractivity contribution < 1.29 is 9.59 Å². The molecule has 94 valence electrons. The lowest BCUT2D eigenvalue weighted by Gasteiger charge is -2.17. The van der Waals surface area contributed by atoms with Gasteiger partial charge in [-0.15, -0.1) is 0 Å². The molecule has 0 saturated carbocycles. The number of carbonyl (C=O) groups is 2. The molecule has 2 amide bonds. The molecule has 0 atom stereocenters. The normalized spacial score (nSPS) is 10.2. The number of likely N-dealkylation sites (N-methyl/N-ethyl adjacent to an activating group) is 1. The van der Waals surface area contributed by atoms with Crippen molar-refractivity contribution in [3.8, 4) is 0 Å². The highest BCUT2D eigenvalue weighted by Crippen LogP contribution is 1.89. The van der Waals surface area contributed by atoms with E-state index in [-0.39, 0.29) is 0 Å². The lowest BCUT2D eigenvalue weighted by Crippen LogP contribution is -2.40. The topological polar surface area (TPSA) is 61.4 Å². The molecular formula is C11H23N3O2. The van der Waals surface area contributed by atoms with E-state index in [0.717, 1.165) is 26.1 Å². The van der Waals surface area contributed by atoms with Crippen LogP contribution in [0.1, 0.15) is 27.2 Å². The summed E-state index contributed by atoms with van der Waals surface area (Å²) in [6.07, 6.45) is 0.868. The summed E-state index contributed by atoms with van der Waals surface area (Å²) in [5, 5.41) is 5.05. The summed E-state index contributed by atoms with van der Waals surface area (Å²) in [7, 11) is 0. The number of nitrogens with one attached hydrogen (secondary N) is 2. The Morgan fingerprint density at radius 2 is 1.56 bits per heavy atom. The van der Waals surface area contributed by atoms with Gasteiger partial charge in [0.15, 0.2) is 0 Å². The highest BCUT2D eigenvalue weighted by atomic mass is 16.2. The fourth-order valence-electron chi connectivity index (χ4n) is 1.37. The molecule has 5 heteroatoms. The maximum absolute atomic E-state index is 11.2.